The Morgan fingerprint density at radius 2 is 1.25 bits per heavy atom. The molecule has 0 rings (SSSR count). The summed E-state index contributed by atoms with van der Waals surface area (Å²) in [6.07, 6.45) is 0. The fourth-order valence-corrected chi connectivity index (χ4v) is 0. The molecule has 0 spiro atoms. The summed E-state index contributed by atoms with van der Waals surface area (Å²) >= 11 is 0. The first-order chi connectivity index (χ1) is 2.00. The fraction of sp³-hybridized carbons (Fsp3) is 0. The predicted molar refractivity (Wildman–Crippen MR) is 15.4 cm³/mol. The largest absolute Gasteiger partial charge is 1.00 e. The van der Waals surface area contributed by atoms with Gasteiger partial charge in [-0.05, 0) is 0 Å². The summed E-state index contributed by atoms with van der Waals surface area (Å²) in [5.74, 6) is 0. The van der Waals surface area contributed by atoms with Gasteiger partial charge in [0.1, 0.15) is 0 Å². The van der Waals surface area contributed by atoms with Gasteiger partial charge in [0.2, 0.25) is 0 Å². The van der Waals surface area contributed by atoms with Crippen LogP contribution in [0.2, 0.25) is 0 Å². The number of hydrogen-bond donors (Lipinski definition) is 3. The van der Waals surface area contributed by atoms with Crippen LogP contribution < -0.4 is 18.9 Å². The van der Waals surface area contributed by atoms with Crippen LogP contribution in [0.15, 0.2) is 0 Å². The molecule has 0 heterocycles. The van der Waals surface area contributed by atoms with E-state index in [-0.39, 0.29) is 54.4 Å². The van der Waals surface area contributed by atoms with Crippen molar-refractivity contribution < 1.29 is 73.7 Å². The molecule has 8 heteroatoms. The van der Waals surface area contributed by atoms with E-state index in [4.69, 9.17) is 19.2 Å². The summed E-state index contributed by atoms with van der Waals surface area (Å²) in [4.78, 5) is 21.6. The Labute approximate surface area is 81.3 Å². The molecule has 49 valence electrons. The third-order valence-electron chi connectivity index (χ3n) is 0. The molecular formula is H4FeLiMnO4P. The van der Waals surface area contributed by atoms with Crippen molar-refractivity contribution in [1.82, 2.24) is 0 Å². The molecule has 0 amide bonds. The normalized spacial score (nSPS) is 7.38. The van der Waals surface area contributed by atoms with Crippen LogP contribution in [0, 0.1) is 0 Å². The van der Waals surface area contributed by atoms with Gasteiger partial charge in [-0.15, -0.1) is 0 Å². The predicted octanol–water partition coefficient (Wildman–Crippen LogP) is -3.82. The standard InChI is InChI=1S/Fe.Li.Mn.H3O4P.H/c;;;1-5(2,3)4;/h;;;(H3,1,2,3,4);/q;+1;;;-1. The third-order valence-corrected chi connectivity index (χ3v) is 0. The van der Waals surface area contributed by atoms with Crippen molar-refractivity contribution in [3.05, 3.63) is 0 Å². The van der Waals surface area contributed by atoms with Crippen LogP contribution in [0.1, 0.15) is 1.43 Å². The quantitative estimate of drug-likeness (QED) is 0.287. The van der Waals surface area contributed by atoms with E-state index in [2.05, 4.69) is 0 Å². The average Bonchev–Trinajstić information content (AvgIpc) is 0.722. The molecule has 0 aliphatic carbocycles. The molecular weight excluding hydrogens is 213 g/mol. The van der Waals surface area contributed by atoms with Gasteiger partial charge < -0.3 is 16.1 Å². The van der Waals surface area contributed by atoms with E-state index >= 15 is 0 Å². The Morgan fingerprint density at radius 1 is 1.25 bits per heavy atom. The van der Waals surface area contributed by atoms with Gasteiger partial charge in [0, 0.05) is 34.1 Å². The number of hydrogen-bond acceptors (Lipinski definition) is 1. The van der Waals surface area contributed by atoms with Crippen molar-refractivity contribution in [1.29, 1.82) is 0 Å². The van der Waals surface area contributed by atoms with Crippen LogP contribution >= 0.6 is 7.82 Å². The molecule has 0 aliphatic rings. The van der Waals surface area contributed by atoms with E-state index in [0.717, 1.165) is 0 Å². The molecule has 0 aromatic rings. The molecule has 0 saturated heterocycles. The van der Waals surface area contributed by atoms with Crippen LogP contribution in [0.5, 0.6) is 0 Å². The second-order valence-electron chi connectivity index (χ2n) is 0.513. The van der Waals surface area contributed by atoms with Crippen molar-refractivity contribution >= 4 is 7.82 Å². The topological polar surface area (TPSA) is 77.8 Å². The zero-order valence-electron chi connectivity index (χ0n) is 4.93. The summed E-state index contributed by atoms with van der Waals surface area (Å²) in [6, 6.07) is 0. The Kier molecular flexibility index (Phi) is 24.7. The number of phosphoric acid groups is 1. The van der Waals surface area contributed by atoms with Crippen LogP contribution in [0.4, 0.5) is 0 Å². The maximum atomic E-state index is 8.88. The van der Waals surface area contributed by atoms with Crippen LogP contribution in [0.25, 0.3) is 0 Å². The van der Waals surface area contributed by atoms with E-state index in [1.54, 1.807) is 0 Å². The molecule has 0 fully saturated rings. The van der Waals surface area contributed by atoms with E-state index in [0.29, 0.717) is 0 Å². The zero-order valence-corrected chi connectivity index (χ0v) is 7.11. The van der Waals surface area contributed by atoms with Gasteiger partial charge in [0.25, 0.3) is 0 Å². The fourth-order valence-electron chi connectivity index (χ4n) is 0. The first kappa shape index (κ1) is 22.6. The Morgan fingerprint density at radius 3 is 1.25 bits per heavy atom. The molecule has 0 atom stereocenters. The van der Waals surface area contributed by atoms with Crippen LogP contribution in [-0.2, 0) is 38.7 Å². The van der Waals surface area contributed by atoms with Gasteiger partial charge in [0.05, 0.1) is 0 Å². The smallest absolute Gasteiger partial charge is 1.00 e. The first-order valence-electron chi connectivity index (χ1n) is 0.783. The summed E-state index contributed by atoms with van der Waals surface area (Å²) in [5.41, 5.74) is 0. The van der Waals surface area contributed by atoms with Crippen LogP contribution in [0.3, 0.4) is 0 Å². The molecule has 0 aromatic carbocycles. The monoisotopic (exact) mass is 217 g/mol. The summed E-state index contributed by atoms with van der Waals surface area (Å²) < 4.78 is 8.88. The molecule has 3 N–H and O–H groups in total. The van der Waals surface area contributed by atoms with Crippen molar-refractivity contribution in [2.45, 2.75) is 0 Å². The van der Waals surface area contributed by atoms with E-state index in [1.165, 1.54) is 0 Å². The minimum absolute atomic E-state index is 0. The summed E-state index contributed by atoms with van der Waals surface area (Å²) in [7, 11) is -4.64. The van der Waals surface area contributed by atoms with E-state index in [1.807, 2.05) is 0 Å². The second kappa shape index (κ2) is 8.75. The van der Waals surface area contributed by atoms with Gasteiger partial charge >= 0.3 is 26.7 Å². The number of rotatable bonds is 0. The van der Waals surface area contributed by atoms with Gasteiger partial charge in [-0.25, -0.2) is 4.57 Å². The molecule has 0 aliphatic heterocycles. The second-order valence-corrected chi connectivity index (χ2v) is 1.54. The molecule has 8 heavy (non-hydrogen) atoms. The maximum absolute atomic E-state index is 8.88. The summed E-state index contributed by atoms with van der Waals surface area (Å²) in [6.45, 7) is 0. The minimum atomic E-state index is -4.64. The van der Waals surface area contributed by atoms with Gasteiger partial charge in [-0.2, -0.15) is 0 Å². The molecule has 4 nitrogen and oxygen atoms in total. The molecule has 0 aromatic heterocycles. The Bertz CT molecular complexity index is 66.7. The Balaban J connectivity index is -0.0000000133. The van der Waals surface area contributed by atoms with E-state index in [9.17, 15) is 0 Å². The molecule has 1 radical (unpaired) electrons. The third kappa shape index (κ3) is 116. The average molecular weight is 217 g/mol. The zero-order chi connectivity index (χ0) is 4.50. The van der Waals surface area contributed by atoms with Gasteiger partial charge in [-0.1, -0.05) is 0 Å². The van der Waals surface area contributed by atoms with Gasteiger partial charge in [0.15, 0.2) is 0 Å². The first-order valence-corrected chi connectivity index (χ1v) is 2.35. The minimum Gasteiger partial charge on any atom is -1.00 e. The van der Waals surface area contributed by atoms with Crippen molar-refractivity contribution in [2.75, 3.05) is 0 Å². The van der Waals surface area contributed by atoms with Crippen molar-refractivity contribution in [3.63, 3.8) is 0 Å². The molecule has 0 saturated carbocycles. The maximum Gasteiger partial charge on any atom is 1.00 e. The van der Waals surface area contributed by atoms with Crippen molar-refractivity contribution in [3.8, 4) is 0 Å². The van der Waals surface area contributed by atoms with Crippen molar-refractivity contribution in [2.24, 2.45) is 0 Å². The van der Waals surface area contributed by atoms with Gasteiger partial charge in [-0.3, -0.25) is 0 Å². The summed E-state index contributed by atoms with van der Waals surface area (Å²) in [5, 5.41) is 0. The van der Waals surface area contributed by atoms with Crippen LogP contribution in [-0.4, -0.2) is 14.7 Å². The SMILES string of the molecule is O=P(O)(O)O.[Fe].[H-].[Li+].[Mn]. The Hall–Kier alpha value is 1.75. The molecule has 0 unspecified atom stereocenters. The molecule has 0 bridgehead atoms. The van der Waals surface area contributed by atoms with E-state index < -0.39 is 7.82 Å².